The molecule has 47 heavy (non-hydrogen) atoms. The minimum atomic E-state index is -1.02. The number of aliphatic carboxylic acids is 1. The molecule has 0 aliphatic carbocycles. The molecule has 0 aromatic rings. The number of rotatable bonds is 24. The Balaban J connectivity index is 4.58. The van der Waals surface area contributed by atoms with Crippen LogP contribution in [0.4, 0.5) is 0 Å². The van der Waals surface area contributed by atoms with Gasteiger partial charge in [0.05, 0.1) is 23.0 Å². The summed E-state index contributed by atoms with van der Waals surface area (Å²) < 4.78 is 15.9. The van der Waals surface area contributed by atoms with Crippen molar-refractivity contribution in [3.63, 3.8) is 0 Å². The maximum Gasteiger partial charge on any atom is 0.309 e. The average molecular weight is 689 g/mol. The summed E-state index contributed by atoms with van der Waals surface area (Å²) in [6.45, 7) is 31.1. The van der Waals surface area contributed by atoms with E-state index < -0.39 is 27.9 Å². The Morgan fingerprint density at radius 2 is 1.23 bits per heavy atom. The van der Waals surface area contributed by atoms with Crippen LogP contribution in [0.5, 0.6) is 0 Å². The Kier molecular flexibility index (Phi) is 17.5. The van der Waals surface area contributed by atoms with Crippen molar-refractivity contribution in [1.82, 2.24) is 20.7 Å². The van der Waals surface area contributed by atoms with Crippen LogP contribution in [-0.2, 0) is 23.9 Å². The van der Waals surface area contributed by atoms with Crippen molar-refractivity contribution in [1.29, 1.82) is 0 Å². The number of ether oxygens (including phenoxy) is 2. The number of carbonyl (C=O) groups excluding carboxylic acids is 2. The Bertz CT molecular complexity index is 1010. The molecule has 0 aromatic heterocycles. The van der Waals surface area contributed by atoms with Crippen molar-refractivity contribution in [3.05, 3.63) is 0 Å². The van der Waals surface area contributed by atoms with E-state index in [0.29, 0.717) is 37.9 Å². The highest BCUT2D eigenvalue weighted by Gasteiger charge is 2.40. The molecule has 0 heterocycles. The number of nitrogens with one attached hydrogen (secondary N) is 4. The van der Waals surface area contributed by atoms with Gasteiger partial charge in [-0.05, 0) is 122 Å². The number of carbonyl (C=O) groups is 3. The first-order valence-corrected chi connectivity index (χ1v) is 18.1. The zero-order valence-electron chi connectivity index (χ0n) is 32.8. The Labute approximate surface area is 291 Å². The predicted molar refractivity (Wildman–Crippen MR) is 196 cm³/mol. The molecule has 5 N–H and O–H groups in total. The van der Waals surface area contributed by atoms with Crippen LogP contribution in [-0.4, -0.2) is 82.8 Å². The third-order valence-electron chi connectivity index (χ3n) is 8.62. The first-order valence-electron chi connectivity index (χ1n) is 17.2. The fourth-order valence-electron chi connectivity index (χ4n) is 5.21. The highest BCUT2D eigenvalue weighted by Crippen LogP contribution is 2.35. The average Bonchev–Trinajstić information content (AvgIpc) is 2.85. The van der Waals surface area contributed by atoms with E-state index in [1.54, 1.807) is 39.6 Å². The van der Waals surface area contributed by atoms with Crippen molar-refractivity contribution in [3.8, 4) is 0 Å². The van der Waals surface area contributed by atoms with Gasteiger partial charge in [0.15, 0.2) is 0 Å². The van der Waals surface area contributed by atoms with E-state index in [4.69, 9.17) is 9.47 Å². The van der Waals surface area contributed by atoms with E-state index in [-0.39, 0.29) is 41.3 Å². The van der Waals surface area contributed by atoms with Gasteiger partial charge < -0.3 is 30.5 Å². The normalized spacial score (nSPS) is 14.6. The first kappa shape index (κ1) is 45.6. The van der Waals surface area contributed by atoms with E-state index in [9.17, 15) is 19.5 Å². The molecular formula is C36H72N4O6S. The first-order chi connectivity index (χ1) is 21.0. The van der Waals surface area contributed by atoms with Crippen LogP contribution in [0, 0.1) is 10.8 Å². The lowest BCUT2D eigenvalue weighted by molar-refractivity contribution is -0.150. The number of hydrogen-bond acceptors (Lipinski definition) is 8. The molecule has 2 amide bonds. The van der Waals surface area contributed by atoms with Crippen LogP contribution in [0.1, 0.15) is 142 Å². The summed E-state index contributed by atoms with van der Waals surface area (Å²) >= 11 is 1.78. The lowest BCUT2D eigenvalue weighted by Gasteiger charge is -2.36. The molecule has 1 unspecified atom stereocenters. The molecule has 0 aliphatic heterocycles. The number of carboxylic acids is 1. The molecule has 278 valence electrons. The molecule has 0 saturated heterocycles. The second-order valence-electron chi connectivity index (χ2n) is 17.8. The molecule has 0 aliphatic rings. The number of hydrogen-bond donors (Lipinski definition) is 5. The van der Waals surface area contributed by atoms with Gasteiger partial charge in [-0.1, -0.05) is 32.7 Å². The van der Waals surface area contributed by atoms with Gasteiger partial charge in [0.1, 0.15) is 0 Å². The smallest absolute Gasteiger partial charge is 0.309 e. The number of amides is 2. The molecule has 1 atom stereocenters. The molecular weight excluding hydrogens is 616 g/mol. The van der Waals surface area contributed by atoms with Crippen LogP contribution < -0.4 is 20.7 Å². The Hall–Kier alpha value is -1.40. The lowest BCUT2D eigenvalue weighted by Crippen LogP contribution is -2.51. The standard InChI is InChI=1S/C36H72N4O6S/c1-26(23-34(10,11)37-16)47-40-33(8,9)19-22-45-35(12,13)17-20-38-27(41)24-36(14,15)46-21-18-32(6,7)39-28(42)30(2,3)25-31(4,5)29(43)44/h26,37,40H,17-25H2,1-16H3,(H,38,41)(H,39,42)(H,43,44). The third kappa shape index (κ3) is 20.0. The van der Waals surface area contributed by atoms with Gasteiger partial charge in [-0.15, -0.1) is 0 Å². The lowest BCUT2D eigenvalue weighted by atomic mass is 9.74. The summed E-state index contributed by atoms with van der Waals surface area (Å²) in [6.07, 6.45) is 3.57. The molecule has 0 spiro atoms. The second kappa shape index (κ2) is 18.0. The summed E-state index contributed by atoms with van der Waals surface area (Å²) in [6, 6.07) is 0. The highest BCUT2D eigenvalue weighted by molar-refractivity contribution is 7.98. The molecule has 11 heteroatoms. The topological polar surface area (TPSA) is 138 Å². The SMILES string of the molecule is CNC(C)(C)CC(C)SNC(C)(C)CCOC(C)(C)CCNC(=O)CC(C)(C)OCCC(C)(C)NC(=O)C(C)(C)CC(C)(C)C(=O)O. The maximum atomic E-state index is 13.0. The summed E-state index contributed by atoms with van der Waals surface area (Å²) in [7, 11) is 2.00. The highest BCUT2D eigenvalue weighted by atomic mass is 32.2. The van der Waals surface area contributed by atoms with E-state index in [1.165, 1.54) is 0 Å². The number of carboxylic acid groups (broad SMARTS) is 1. The van der Waals surface area contributed by atoms with Gasteiger partial charge in [-0.3, -0.25) is 19.1 Å². The largest absolute Gasteiger partial charge is 0.481 e. The molecule has 0 aromatic carbocycles. The summed E-state index contributed by atoms with van der Waals surface area (Å²) in [5.74, 6) is -1.21. The second-order valence-corrected chi connectivity index (χ2v) is 19.1. The van der Waals surface area contributed by atoms with Crippen molar-refractivity contribution >= 4 is 29.7 Å². The van der Waals surface area contributed by atoms with Crippen molar-refractivity contribution in [2.45, 2.75) is 175 Å². The fraction of sp³-hybridized carbons (Fsp3) is 0.917. The molecule has 0 fully saturated rings. The Morgan fingerprint density at radius 1 is 0.723 bits per heavy atom. The van der Waals surface area contributed by atoms with Crippen LogP contribution in [0.15, 0.2) is 0 Å². The maximum absolute atomic E-state index is 13.0. The monoisotopic (exact) mass is 689 g/mol. The van der Waals surface area contributed by atoms with Gasteiger partial charge in [0, 0.05) is 47.0 Å². The van der Waals surface area contributed by atoms with Gasteiger partial charge in [-0.2, -0.15) is 0 Å². The molecule has 0 saturated carbocycles. The van der Waals surface area contributed by atoms with Crippen molar-refractivity contribution in [2.24, 2.45) is 10.8 Å². The van der Waals surface area contributed by atoms with Crippen molar-refractivity contribution in [2.75, 3.05) is 26.8 Å². The Morgan fingerprint density at radius 3 is 1.74 bits per heavy atom. The van der Waals surface area contributed by atoms with Gasteiger partial charge in [0.2, 0.25) is 11.8 Å². The molecule has 0 bridgehead atoms. The zero-order valence-corrected chi connectivity index (χ0v) is 33.7. The zero-order chi connectivity index (χ0) is 37.1. The van der Waals surface area contributed by atoms with E-state index >= 15 is 0 Å². The van der Waals surface area contributed by atoms with Crippen LogP contribution in [0.3, 0.4) is 0 Å². The summed E-state index contributed by atoms with van der Waals surface area (Å²) in [4.78, 5) is 37.4. The summed E-state index contributed by atoms with van der Waals surface area (Å²) in [5, 5.41) is 19.4. The molecule has 10 nitrogen and oxygen atoms in total. The fourth-order valence-corrected chi connectivity index (χ4v) is 6.34. The quantitative estimate of drug-likeness (QED) is 0.0723. The van der Waals surface area contributed by atoms with Crippen LogP contribution in [0.25, 0.3) is 0 Å². The molecule has 0 rings (SSSR count). The van der Waals surface area contributed by atoms with Crippen LogP contribution >= 0.6 is 11.9 Å². The van der Waals surface area contributed by atoms with Gasteiger partial charge in [-0.25, -0.2) is 0 Å². The van der Waals surface area contributed by atoms with Gasteiger partial charge in [0.25, 0.3) is 0 Å². The van der Waals surface area contributed by atoms with Gasteiger partial charge >= 0.3 is 5.97 Å². The van der Waals surface area contributed by atoms with Crippen LogP contribution in [0.2, 0.25) is 0 Å². The van der Waals surface area contributed by atoms with E-state index in [1.807, 2.05) is 34.7 Å². The predicted octanol–water partition coefficient (Wildman–Crippen LogP) is 6.47. The third-order valence-corrected chi connectivity index (χ3v) is 9.86. The van der Waals surface area contributed by atoms with E-state index in [0.717, 1.165) is 12.8 Å². The minimum Gasteiger partial charge on any atom is -0.481 e. The van der Waals surface area contributed by atoms with Crippen molar-refractivity contribution < 1.29 is 29.0 Å². The molecule has 0 radical (unpaired) electrons. The summed E-state index contributed by atoms with van der Waals surface area (Å²) in [5.41, 5.74) is -3.47. The minimum absolute atomic E-state index is 0.0743. The van der Waals surface area contributed by atoms with E-state index in [2.05, 4.69) is 69.1 Å².